The van der Waals surface area contributed by atoms with Crippen LogP contribution in [0.2, 0.25) is 0 Å². The molecular formula is C47H59FN4O4. The molecule has 0 spiro atoms. The van der Waals surface area contributed by atoms with E-state index < -0.39 is 17.7 Å². The van der Waals surface area contributed by atoms with Crippen molar-refractivity contribution >= 4 is 11.7 Å². The number of aromatic nitrogens is 1. The fraction of sp³-hybridized carbons (Fsp3) is 0.447. The van der Waals surface area contributed by atoms with Gasteiger partial charge in [-0.3, -0.25) is 9.88 Å². The van der Waals surface area contributed by atoms with Crippen molar-refractivity contribution in [1.82, 2.24) is 14.8 Å². The van der Waals surface area contributed by atoms with E-state index in [9.17, 15) is 14.3 Å². The average molecular weight is 763 g/mol. The van der Waals surface area contributed by atoms with Crippen LogP contribution in [0.15, 0.2) is 91.1 Å². The zero-order chi connectivity index (χ0) is 40.2. The lowest BCUT2D eigenvalue weighted by atomic mass is 9.81. The number of hydrogen-bond acceptors (Lipinski definition) is 7. The summed E-state index contributed by atoms with van der Waals surface area (Å²) in [5.74, 6) is -0.576. The van der Waals surface area contributed by atoms with Gasteiger partial charge in [0.05, 0.1) is 30.1 Å². The SMILES string of the molecule is C=C1CN(Cc2ccccc2)CC(C)N1Cc1nc(C)c([C@H](OC(C)(C)C)C(=O)O)c(N2CCC(C)(C)CC2)c1-c1ccc(OCCc2ccc(F)cc2)cc1. The second kappa shape index (κ2) is 17.2. The Labute approximate surface area is 333 Å². The van der Waals surface area contributed by atoms with E-state index in [2.05, 4.69) is 78.4 Å². The highest BCUT2D eigenvalue weighted by molar-refractivity contribution is 5.88. The van der Waals surface area contributed by atoms with Crippen molar-refractivity contribution < 1.29 is 23.8 Å². The summed E-state index contributed by atoms with van der Waals surface area (Å²) in [7, 11) is 0. The molecule has 0 saturated carbocycles. The minimum Gasteiger partial charge on any atom is -0.493 e. The molecule has 56 heavy (non-hydrogen) atoms. The molecule has 1 aromatic heterocycles. The van der Waals surface area contributed by atoms with Crippen molar-refractivity contribution in [2.45, 2.75) is 98.6 Å². The van der Waals surface area contributed by atoms with Gasteiger partial charge in [-0.15, -0.1) is 0 Å². The van der Waals surface area contributed by atoms with Gasteiger partial charge in [0.1, 0.15) is 11.6 Å². The number of anilines is 1. The number of rotatable bonds is 13. The largest absolute Gasteiger partial charge is 0.493 e. The molecule has 0 bridgehead atoms. The van der Waals surface area contributed by atoms with Gasteiger partial charge in [0.25, 0.3) is 0 Å². The number of aryl methyl sites for hydroxylation is 1. The predicted octanol–water partition coefficient (Wildman–Crippen LogP) is 9.60. The monoisotopic (exact) mass is 762 g/mol. The number of pyridine rings is 1. The molecule has 1 N–H and O–H groups in total. The fourth-order valence-corrected chi connectivity index (χ4v) is 7.99. The van der Waals surface area contributed by atoms with Gasteiger partial charge in [-0.05, 0) is 93.8 Å². The van der Waals surface area contributed by atoms with Crippen LogP contribution >= 0.6 is 0 Å². The summed E-state index contributed by atoms with van der Waals surface area (Å²) < 4.78 is 26.0. The minimum atomic E-state index is -1.22. The lowest BCUT2D eigenvalue weighted by molar-refractivity contribution is -0.160. The number of piperidine rings is 1. The molecule has 2 fully saturated rings. The van der Waals surface area contributed by atoms with Crippen LogP contribution in [-0.4, -0.2) is 70.3 Å². The minimum absolute atomic E-state index is 0.168. The average Bonchev–Trinajstić information content (AvgIpc) is 3.13. The normalized spacial score (nSPS) is 18.2. The van der Waals surface area contributed by atoms with Crippen LogP contribution in [-0.2, 0) is 29.0 Å². The van der Waals surface area contributed by atoms with Crippen LogP contribution in [0.25, 0.3) is 11.1 Å². The molecule has 2 atom stereocenters. The summed E-state index contributed by atoms with van der Waals surface area (Å²) >= 11 is 0. The van der Waals surface area contributed by atoms with E-state index in [1.807, 2.05) is 45.9 Å². The summed E-state index contributed by atoms with van der Waals surface area (Å²) in [4.78, 5) is 25.7. The molecule has 0 aliphatic carbocycles. The number of carboxylic acid groups (broad SMARTS) is 1. The first-order valence-electron chi connectivity index (χ1n) is 19.9. The summed E-state index contributed by atoms with van der Waals surface area (Å²) in [5, 5.41) is 10.8. The van der Waals surface area contributed by atoms with E-state index in [-0.39, 0.29) is 17.3 Å². The third-order valence-corrected chi connectivity index (χ3v) is 11.0. The number of nitrogens with zero attached hydrogens (tertiary/aromatic N) is 4. The Morgan fingerprint density at radius 1 is 0.982 bits per heavy atom. The van der Waals surface area contributed by atoms with Crippen molar-refractivity contribution in [2.75, 3.05) is 37.7 Å². The van der Waals surface area contributed by atoms with Crippen molar-refractivity contribution in [1.29, 1.82) is 0 Å². The van der Waals surface area contributed by atoms with Crippen molar-refractivity contribution in [3.63, 3.8) is 0 Å². The second-order valence-electron chi connectivity index (χ2n) is 17.3. The zero-order valence-corrected chi connectivity index (χ0v) is 34.3. The van der Waals surface area contributed by atoms with Crippen LogP contribution in [0.3, 0.4) is 0 Å². The van der Waals surface area contributed by atoms with Gasteiger partial charge in [0.2, 0.25) is 0 Å². The van der Waals surface area contributed by atoms with Crippen molar-refractivity contribution in [2.24, 2.45) is 5.41 Å². The highest BCUT2D eigenvalue weighted by Crippen LogP contribution is 2.46. The Hall–Kier alpha value is -4.73. The van der Waals surface area contributed by atoms with Gasteiger partial charge in [-0.25, -0.2) is 9.18 Å². The third-order valence-electron chi connectivity index (χ3n) is 11.0. The molecule has 2 aliphatic rings. The molecule has 1 unspecified atom stereocenters. The Morgan fingerprint density at radius 2 is 1.64 bits per heavy atom. The topological polar surface area (TPSA) is 78.4 Å². The number of carbonyl (C=O) groups is 1. The fourth-order valence-electron chi connectivity index (χ4n) is 7.99. The molecule has 2 saturated heterocycles. The number of piperazine rings is 1. The predicted molar refractivity (Wildman–Crippen MR) is 222 cm³/mol. The van der Waals surface area contributed by atoms with Crippen LogP contribution in [0, 0.1) is 18.2 Å². The molecule has 3 heterocycles. The van der Waals surface area contributed by atoms with Gasteiger partial charge < -0.3 is 24.4 Å². The Morgan fingerprint density at radius 3 is 2.25 bits per heavy atom. The number of carboxylic acids is 1. The Balaban J connectivity index is 1.41. The zero-order valence-electron chi connectivity index (χ0n) is 34.3. The molecule has 9 heteroatoms. The van der Waals surface area contributed by atoms with Gasteiger partial charge in [-0.1, -0.05) is 75.0 Å². The highest BCUT2D eigenvalue weighted by atomic mass is 19.1. The molecule has 4 aromatic rings. The summed E-state index contributed by atoms with van der Waals surface area (Å²) in [6.07, 6.45) is 1.37. The maximum Gasteiger partial charge on any atom is 0.337 e. The van der Waals surface area contributed by atoms with Crippen LogP contribution in [0.1, 0.15) is 88.6 Å². The highest BCUT2D eigenvalue weighted by Gasteiger charge is 2.38. The first kappa shape index (κ1) is 40.9. The van der Waals surface area contributed by atoms with E-state index >= 15 is 0 Å². The number of ether oxygens (including phenoxy) is 2. The second-order valence-corrected chi connectivity index (χ2v) is 17.3. The van der Waals surface area contributed by atoms with Gasteiger partial charge >= 0.3 is 5.97 Å². The maximum absolute atomic E-state index is 13.4. The lowest BCUT2D eigenvalue weighted by Gasteiger charge is -2.44. The van der Waals surface area contributed by atoms with E-state index in [0.29, 0.717) is 30.8 Å². The van der Waals surface area contributed by atoms with Gasteiger partial charge in [0.15, 0.2) is 6.10 Å². The number of halogens is 1. The molecule has 0 radical (unpaired) electrons. The van der Waals surface area contributed by atoms with Crippen molar-refractivity contribution in [3.8, 4) is 16.9 Å². The molecule has 8 nitrogen and oxygen atoms in total. The van der Waals surface area contributed by atoms with E-state index in [1.54, 1.807) is 12.1 Å². The molecule has 2 aliphatic heterocycles. The third kappa shape index (κ3) is 10.2. The molecule has 6 rings (SSSR count). The Bertz CT molecular complexity index is 1960. The van der Waals surface area contributed by atoms with Crippen LogP contribution in [0.4, 0.5) is 10.1 Å². The summed E-state index contributed by atoms with van der Waals surface area (Å²) in [5.41, 5.74) is 7.63. The Kier molecular flexibility index (Phi) is 12.6. The number of aliphatic carboxylic acids is 1. The van der Waals surface area contributed by atoms with E-state index in [0.717, 1.165) is 85.1 Å². The maximum atomic E-state index is 13.4. The summed E-state index contributed by atoms with van der Waals surface area (Å²) in [6, 6.07) is 25.3. The molecule has 298 valence electrons. The van der Waals surface area contributed by atoms with E-state index in [1.165, 1.54) is 17.7 Å². The molecular weight excluding hydrogens is 704 g/mol. The van der Waals surface area contributed by atoms with Crippen LogP contribution < -0.4 is 9.64 Å². The number of hydrogen-bond donors (Lipinski definition) is 1. The quantitative estimate of drug-likeness (QED) is 0.144. The molecule has 3 aromatic carbocycles. The van der Waals surface area contributed by atoms with Gasteiger partial charge in [0, 0.05) is 67.7 Å². The number of benzene rings is 3. The van der Waals surface area contributed by atoms with Gasteiger partial charge in [-0.2, -0.15) is 0 Å². The van der Waals surface area contributed by atoms with Crippen LogP contribution in [0.5, 0.6) is 5.75 Å². The lowest BCUT2D eigenvalue weighted by Crippen LogP contribution is -2.49. The smallest absolute Gasteiger partial charge is 0.337 e. The first-order chi connectivity index (χ1) is 26.6. The standard InChI is InChI=1S/C47H59FN4O4/c1-32-28-50(30-36-12-10-9-11-13-36)29-33(2)52(32)31-40-42(37-16-20-39(21-17-37)55-27-22-35-14-18-38(48)19-15-35)43(51-25-23-47(7,8)24-26-51)41(34(3)49-40)44(45(53)54)56-46(4,5)6/h9-21,33,44H,1,22-31H2,2-8H3,(H,53,54)/t33?,44-/m0/s1. The summed E-state index contributed by atoms with van der Waals surface area (Å²) in [6.45, 7) is 24.0. The van der Waals surface area contributed by atoms with Crippen molar-refractivity contribution in [3.05, 3.63) is 125 Å². The van der Waals surface area contributed by atoms with E-state index in [4.69, 9.17) is 14.5 Å². The first-order valence-corrected chi connectivity index (χ1v) is 19.9. The molecule has 0 amide bonds.